The number of carbonyl (C=O) groups excluding carboxylic acids is 2. The number of hydrogen-bond donors (Lipinski definition) is 0. The summed E-state index contributed by atoms with van der Waals surface area (Å²) in [4.78, 5) is 24.6. The Morgan fingerprint density at radius 2 is 1.68 bits per heavy atom. The first-order valence-electron chi connectivity index (χ1n) is 9.52. The molecule has 150 valence electrons. The van der Waals surface area contributed by atoms with Crippen LogP contribution < -0.4 is 9.47 Å². The summed E-state index contributed by atoms with van der Waals surface area (Å²) in [7, 11) is 3.16. The van der Waals surface area contributed by atoms with Crippen LogP contribution >= 0.6 is 0 Å². The zero-order valence-electron chi connectivity index (χ0n) is 16.9. The Hall–Kier alpha value is -2.76. The molecule has 0 N–H and O–H groups in total. The van der Waals surface area contributed by atoms with Crippen LogP contribution in [-0.4, -0.2) is 37.1 Å². The predicted octanol–water partition coefficient (Wildman–Crippen LogP) is 3.82. The summed E-state index contributed by atoms with van der Waals surface area (Å²) in [6.07, 6.45) is 2.99. The number of aromatic nitrogens is 1. The van der Waals surface area contributed by atoms with Crippen LogP contribution in [-0.2, 0) is 16.0 Å². The largest absolute Gasteiger partial charge is 0.497 e. The quantitative estimate of drug-likeness (QED) is 0.485. The minimum Gasteiger partial charge on any atom is -0.497 e. The van der Waals surface area contributed by atoms with Crippen molar-refractivity contribution >= 4 is 11.8 Å². The normalized spacial score (nSPS) is 13.3. The maximum atomic E-state index is 12.5. The summed E-state index contributed by atoms with van der Waals surface area (Å²) >= 11 is 0. The number of ether oxygens (including phenoxy) is 3. The third-order valence-electron chi connectivity index (χ3n) is 5.09. The topological polar surface area (TPSA) is 66.8 Å². The highest BCUT2D eigenvalue weighted by atomic mass is 16.5. The summed E-state index contributed by atoms with van der Waals surface area (Å²) in [5, 5.41) is 0. The van der Waals surface area contributed by atoms with Gasteiger partial charge in [-0.2, -0.15) is 0 Å². The van der Waals surface area contributed by atoms with Gasteiger partial charge in [-0.1, -0.05) is 0 Å². The minimum atomic E-state index is -0.397. The Balaban J connectivity index is 1.53. The van der Waals surface area contributed by atoms with Gasteiger partial charge < -0.3 is 18.8 Å². The number of ketones is 1. The van der Waals surface area contributed by atoms with Gasteiger partial charge >= 0.3 is 5.97 Å². The molecule has 1 aliphatic rings. The van der Waals surface area contributed by atoms with Crippen molar-refractivity contribution in [2.45, 2.75) is 45.6 Å². The molecule has 1 fully saturated rings. The molecule has 6 heteroatoms. The summed E-state index contributed by atoms with van der Waals surface area (Å²) in [5.41, 5.74) is 3.60. The molecule has 1 aliphatic carbocycles. The third-order valence-corrected chi connectivity index (χ3v) is 5.09. The van der Waals surface area contributed by atoms with Crippen molar-refractivity contribution in [3.05, 3.63) is 46.8 Å². The third kappa shape index (κ3) is 4.55. The van der Waals surface area contributed by atoms with Gasteiger partial charge in [-0.05, 0) is 56.9 Å². The molecular weight excluding hydrogens is 358 g/mol. The predicted molar refractivity (Wildman–Crippen MR) is 105 cm³/mol. The van der Waals surface area contributed by atoms with E-state index in [1.165, 1.54) is 0 Å². The second-order valence-electron chi connectivity index (χ2n) is 7.19. The van der Waals surface area contributed by atoms with Gasteiger partial charge in [0.2, 0.25) is 5.78 Å². The van der Waals surface area contributed by atoms with Crippen molar-refractivity contribution in [2.24, 2.45) is 0 Å². The lowest BCUT2D eigenvalue weighted by atomic mass is 10.1. The van der Waals surface area contributed by atoms with Crippen LogP contribution in [0.1, 0.15) is 52.6 Å². The molecule has 0 spiro atoms. The van der Waals surface area contributed by atoms with Crippen LogP contribution in [0.15, 0.2) is 24.3 Å². The molecule has 0 unspecified atom stereocenters. The van der Waals surface area contributed by atoms with Crippen LogP contribution in [0.3, 0.4) is 0 Å². The van der Waals surface area contributed by atoms with Crippen LogP contribution in [0.4, 0.5) is 0 Å². The van der Waals surface area contributed by atoms with E-state index in [1.54, 1.807) is 20.3 Å². The van der Waals surface area contributed by atoms with Crippen molar-refractivity contribution in [1.82, 2.24) is 4.57 Å². The van der Waals surface area contributed by atoms with Gasteiger partial charge in [0.05, 0.1) is 14.2 Å². The van der Waals surface area contributed by atoms with Crippen molar-refractivity contribution in [1.29, 1.82) is 0 Å². The molecule has 1 heterocycles. The summed E-state index contributed by atoms with van der Waals surface area (Å²) in [6, 6.07) is 7.90. The molecule has 2 aromatic rings. The van der Waals surface area contributed by atoms with Crippen molar-refractivity contribution in [3.8, 4) is 11.5 Å². The van der Waals surface area contributed by atoms with E-state index in [1.807, 2.05) is 32.0 Å². The maximum Gasteiger partial charge on any atom is 0.306 e. The molecule has 3 rings (SSSR count). The summed E-state index contributed by atoms with van der Waals surface area (Å²) < 4.78 is 17.9. The Kier molecular flexibility index (Phi) is 6.07. The smallest absolute Gasteiger partial charge is 0.306 e. The van der Waals surface area contributed by atoms with Gasteiger partial charge in [-0.3, -0.25) is 9.59 Å². The van der Waals surface area contributed by atoms with Crippen molar-refractivity contribution in [3.63, 3.8) is 0 Å². The van der Waals surface area contributed by atoms with E-state index < -0.39 is 5.97 Å². The molecule has 1 aromatic carbocycles. The Labute approximate surface area is 165 Å². The Bertz CT molecular complexity index is 857. The maximum absolute atomic E-state index is 12.5. The van der Waals surface area contributed by atoms with Gasteiger partial charge in [0.1, 0.15) is 11.5 Å². The molecule has 0 bridgehead atoms. The molecule has 0 radical (unpaired) electrons. The van der Waals surface area contributed by atoms with E-state index in [-0.39, 0.29) is 18.8 Å². The number of benzene rings is 1. The number of rotatable bonds is 9. The molecule has 6 nitrogen and oxygen atoms in total. The van der Waals surface area contributed by atoms with E-state index in [0.29, 0.717) is 29.5 Å². The number of esters is 1. The molecule has 1 saturated carbocycles. The molecule has 0 atom stereocenters. The van der Waals surface area contributed by atoms with Crippen LogP contribution in [0.5, 0.6) is 11.5 Å². The van der Waals surface area contributed by atoms with Crippen LogP contribution in [0, 0.1) is 13.8 Å². The fraction of sp³-hybridized carbons (Fsp3) is 0.455. The zero-order chi connectivity index (χ0) is 20.3. The molecule has 0 amide bonds. The molecular formula is C22H27NO5. The number of Topliss-reactive ketones (excluding diaryl/α,β-unsaturated/α-hetero) is 1. The highest BCUT2D eigenvalue weighted by Gasteiger charge is 2.28. The van der Waals surface area contributed by atoms with Gasteiger partial charge in [-0.25, -0.2) is 0 Å². The van der Waals surface area contributed by atoms with E-state index >= 15 is 0 Å². The first-order valence-corrected chi connectivity index (χ1v) is 9.52. The summed E-state index contributed by atoms with van der Waals surface area (Å²) in [6.45, 7) is 3.74. The van der Waals surface area contributed by atoms with Gasteiger partial charge in [0, 0.05) is 35.5 Å². The number of hydrogen-bond acceptors (Lipinski definition) is 5. The van der Waals surface area contributed by atoms with Crippen LogP contribution in [0.25, 0.3) is 0 Å². The SMILES string of the molecule is COc1cc(CCC(=O)OCC(=O)c2cc(C)n(C3CC3)c2C)cc(OC)c1. The number of aryl methyl sites for hydroxylation is 2. The molecule has 28 heavy (non-hydrogen) atoms. The standard InChI is InChI=1S/C22H27NO5/c1-14-9-20(15(2)23(14)17-6-7-17)21(24)13-28-22(25)8-5-16-10-18(26-3)12-19(11-16)27-4/h9-12,17H,5-8,13H2,1-4H3. The average molecular weight is 385 g/mol. The second-order valence-corrected chi connectivity index (χ2v) is 7.19. The summed E-state index contributed by atoms with van der Waals surface area (Å²) in [5.74, 6) is 0.787. The first kappa shape index (κ1) is 20.0. The number of carbonyl (C=O) groups is 2. The zero-order valence-corrected chi connectivity index (χ0v) is 16.9. The lowest BCUT2D eigenvalue weighted by molar-refractivity contribution is -0.142. The fourth-order valence-corrected chi connectivity index (χ4v) is 3.51. The first-order chi connectivity index (χ1) is 13.4. The van der Waals surface area contributed by atoms with E-state index in [0.717, 1.165) is 29.8 Å². The molecule has 1 aromatic heterocycles. The molecule has 0 saturated heterocycles. The van der Waals surface area contributed by atoms with E-state index in [9.17, 15) is 9.59 Å². The Morgan fingerprint density at radius 1 is 1.04 bits per heavy atom. The van der Waals surface area contributed by atoms with Crippen LogP contribution in [0.2, 0.25) is 0 Å². The van der Waals surface area contributed by atoms with Gasteiger partial charge in [0.25, 0.3) is 0 Å². The van der Waals surface area contributed by atoms with E-state index in [2.05, 4.69) is 4.57 Å². The van der Waals surface area contributed by atoms with E-state index in [4.69, 9.17) is 14.2 Å². The van der Waals surface area contributed by atoms with Gasteiger partial charge in [-0.15, -0.1) is 0 Å². The van der Waals surface area contributed by atoms with Crippen molar-refractivity contribution < 1.29 is 23.8 Å². The Morgan fingerprint density at radius 3 is 2.25 bits per heavy atom. The average Bonchev–Trinajstić information content (AvgIpc) is 3.48. The monoisotopic (exact) mass is 385 g/mol. The number of nitrogens with zero attached hydrogens (tertiary/aromatic N) is 1. The fourth-order valence-electron chi connectivity index (χ4n) is 3.51. The van der Waals surface area contributed by atoms with Gasteiger partial charge in [0.15, 0.2) is 6.61 Å². The number of methoxy groups -OCH3 is 2. The highest BCUT2D eigenvalue weighted by Crippen LogP contribution is 2.38. The minimum absolute atomic E-state index is 0.156. The van der Waals surface area contributed by atoms with Crippen molar-refractivity contribution in [2.75, 3.05) is 20.8 Å². The highest BCUT2D eigenvalue weighted by molar-refractivity contribution is 5.99. The molecule has 0 aliphatic heterocycles. The second kappa shape index (κ2) is 8.50. The lowest BCUT2D eigenvalue weighted by Gasteiger charge is -2.09. The lowest BCUT2D eigenvalue weighted by Crippen LogP contribution is -2.15.